The van der Waals surface area contributed by atoms with Crippen molar-refractivity contribution < 1.29 is 52.9 Å². The highest BCUT2D eigenvalue weighted by atomic mass is 16.7. The average molecular weight is 972 g/mol. The molecule has 5 heterocycles. The quantitative estimate of drug-likeness (QED) is 0.0746. The summed E-state index contributed by atoms with van der Waals surface area (Å²) >= 11 is 0. The largest absolute Gasteiger partial charge is 0.491 e. The lowest BCUT2D eigenvalue weighted by Crippen LogP contribution is -2.59. The van der Waals surface area contributed by atoms with Crippen LogP contribution in [0.4, 0.5) is 16.2 Å². The van der Waals surface area contributed by atoms with E-state index in [2.05, 4.69) is 4.90 Å². The van der Waals surface area contributed by atoms with E-state index < -0.39 is 64.4 Å². The summed E-state index contributed by atoms with van der Waals surface area (Å²) in [5, 5.41) is 21.2. The van der Waals surface area contributed by atoms with Gasteiger partial charge in [-0.3, -0.25) is 34.3 Å². The first-order valence-corrected chi connectivity index (χ1v) is 23.8. The number of anilines is 1. The summed E-state index contributed by atoms with van der Waals surface area (Å²) in [7, 11) is 0. The third-order valence-electron chi connectivity index (χ3n) is 14.4. The second-order valence-electron chi connectivity index (χ2n) is 18.3. The molecule has 17 heteroatoms. The molecule has 3 amide bonds. The molecule has 1 N–H and O–H groups in total. The number of cyclic esters (lactones) is 1. The van der Waals surface area contributed by atoms with Crippen LogP contribution in [0.1, 0.15) is 51.6 Å². The number of aliphatic hydroxyl groups is 1. The molecule has 366 valence electrons. The number of carbonyl (C=O) groups excluding carboxylic acids is 4. The molecule has 1 spiro atoms. The van der Waals surface area contributed by atoms with Gasteiger partial charge in [0.2, 0.25) is 18.6 Å². The number of imide groups is 1. The van der Waals surface area contributed by atoms with Gasteiger partial charge < -0.3 is 33.7 Å². The number of morpholine rings is 1. The van der Waals surface area contributed by atoms with Gasteiger partial charge in [-0.1, -0.05) is 97.1 Å². The maximum Gasteiger partial charge on any atom is 0.421 e. The molecule has 11 rings (SSSR count). The first kappa shape index (κ1) is 46.3. The molecule has 3 saturated heterocycles. The van der Waals surface area contributed by atoms with Crippen molar-refractivity contribution in [1.82, 2.24) is 14.7 Å². The van der Waals surface area contributed by atoms with Gasteiger partial charge in [0.25, 0.3) is 5.69 Å². The van der Waals surface area contributed by atoms with Crippen LogP contribution in [0, 0.1) is 16.0 Å². The number of nitrogens with zero attached hydrogens (tertiary/aromatic N) is 5. The summed E-state index contributed by atoms with van der Waals surface area (Å²) in [6, 6.07) is 40.7. The minimum atomic E-state index is -2.00. The molecule has 5 aliphatic rings. The Kier molecular flexibility index (Phi) is 12.4. The number of nitro benzene ring substituents is 1. The predicted molar refractivity (Wildman–Crippen MR) is 259 cm³/mol. The van der Waals surface area contributed by atoms with E-state index in [1.165, 1.54) is 24.3 Å². The molecule has 72 heavy (non-hydrogen) atoms. The van der Waals surface area contributed by atoms with Gasteiger partial charge in [0, 0.05) is 44.9 Å². The Morgan fingerprint density at radius 1 is 0.736 bits per heavy atom. The fourth-order valence-electron chi connectivity index (χ4n) is 11.3. The van der Waals surface area contributed by atoms with Crippen LogP contribution in [0.2, 0.25) is 0 Å². The fourth-order valence-corrected chi connectivity index (χ4v) is 11.3. The van der Waals surface area contributed by atoms with E-state index in [0.29, 0.717) is 59.1 Å². The molecule has 0 bridgehead atoms. The smallest absolute Gasteiger partial charge is 0.421 e. The van der Waals surface area contributed by atoms with Gasteiger partial charge in [-0.15, -0.1) is 0 Å². The van der Waals surface area contributed by atoms with Crippen molar-refractivity contribution in [2.45, 2.75) is 42.8 Å². The zero-order valence-corrected chi connectivity index (χ0v) is 38.9. The summed E-state index contributed by atoms with van der Waals surface area (Å²) < 4.78 is 29.7. The molecule has 6 unspecified atom stereocenters. The number of rotatable bonds is 12. The van der Waals surface area contributed by atoms with Crippen LogP contribution in [-0.2, 0) is 42.4 Å². The Hall–Kier alpha value is -8.12. The first-order valence-electron chi connectivity index (χ1n) is 23.8. The van der Waals surface area contributed by atoms with Crippen molar-refractivity contribution in [3.63, 3.8) is 0 Å². The second kappa shape index (κ2) is 19.2. The predicted octanol–water partition coefficient (Wildman–Crippen LogP) is 7.04. The van der Waals surface area contributed by atoms with Crippen molar-refractivity contribution in [3.05, 3.63) is 195 Å². The third kappa shape index (κ3) is 8.04. The molecule has 0 saturated carbocycles. The van der Waals surface area contributed by atoms with E-state index in [9.17, 15) is 20.0 Å². The Balaban J connectivity index is 1.06. The van der Waals surface area contributed by atoms with E-state index in [1.54, 1.807) is 47.4 Å². The number of benzene rings is 6. The molecule has 0 radical (unpaired) electrons. The molecule has 3 fully saturated rings. The van der Waals surface area contributed by atoms with Crippen LogP contribution >= 0.6 is 0 Å². The number of hydrogen-bond acceptors (Lipinski definition) is 14. The average Bonchev–Trinajstić information content (AvgIpc) is 4.09. The van der Waals surface area contributed by atoms with E-state index in [-0.39, 0.29) is 51.1 Å². The number of piperazine rings is 1. The first-order chi connectivity index (χ1) is 35.1. The fraction of sp³-hybridized carbons (Fsp3) is 0.273. The zero-order chi connectivity index (χ0) is 49.5. The minimum Gasteiger partial charge on any atom is -0.491 e. The lowest BCUT2D eigenvalue weighted by Gasteiger charge is -2.46. The Morgan fingerprint density at radius 3 is 2.15 bits per heavy atom. The van der Waals surface area contributed by atoms with Gasteiger partial charge in [-0.2, -0.15) is 0 Å². The van der Waals surface area contributed by atoms with Crippen molar-refractivity contribution in [1.29, 1.82) is 0 Å². The maximum absolute atomic E-state index is 16.5. The van der Waals surface area contributed by atoms with Crippen LogP contribution in [0.15, 0.2) is 152 Å². The van der Waals surface area contributed by atoms with Crippen molar-refractivity contribution in [2.24, 2.45) is 5.92 Å². The second-order valence-corrected chi connectivity index (χ2v) is 18.3. The number of ether oxygens (including phenoxy) is 5. The minimum absolute atomic E-state index is 0.0292. The van der Waals surface area contributed by atoms with Gasteiger partial charge in [0.05, 0.1) is 35.2 Å². The van der Waals surface area contributed by atoms with Crippen LogP contribution in [0.25, 0.3) is 0 Å². The summed E-state index contributed by atoms with van der Waals surface area (Å²) in [4.78, 5) is 80.7. The zero-order valence-electron chi connectivity index (χ0n) is 38.9. The number of para-hydroxylation sites is 1. The number of fused-ring (bicyclic) bond motifs is 4. The monoisotopic (exact) mass is 971 g/mol. The highest BCUT2D eigenvalue weighted by Gasteiger charge is 2.76. The van der Waals surface area contributed by atoms with Crippen LogP contribution in [-0.4, -0.2) is 101 Å². The highest BCUT2D eigenvalue weighted by Crippen LogP contribution is 2.66. The number of nitro groups is 1. The lowest BCUT2D eigenvalue weighted by atomic mass is 9.65. The number of hydrogen-bond donors (Lipinski definition) is 1. The van der Waals surface area contributed by atoms with Gasteiger partial charge in [-0.05, 0) is 75.8 Å². The van der Waals surface area contributed by atoms with Gasteiger partial charge in [0.1, 0.15) is 36.5 Å². The van der Waals surface area contributed by atoms with Crippen molar-refractivity contribution in [3.8, 4) is 17.2 Å². The number of non-ortho nitro benzene ring substituents is 1. The molecular weight excluding hydrogens is 923 g/mol. The van der Waals surface area contributed by atoms with E-state index in [0.717, 1.165) is 16.0 Å². The van der Waals surface area contributed by atoms with Crippen molar-refractivity contribution >= 4 is 35.3 Å². The summed E-state index contributed by atoms with van der Waals surface area (Å²) in [6.07, 6.45) is -1.96. The van der Waals surface area contributed by atoms with Gasteiger partial charge >= 0.3 is 12.1 Å². The molecule has 5 aliphatic heterocycles. The van der Waals surface area contributed by atoms with Crippen LogP contribution in [0.3, 0.4) is 0 Å². The Labute approximate surface area is 413 Å². The van der Waals surface area contributed by atoms with Crippen LogP contribution < -0.4 is 19.1 Å². The standard InChI is InChI=1S/C55H49N5O12/c61-28-29-68-41-15-9-14-39(31-41)50-55(42-16-7-8-17-43(42)58(53(55)64)54(65)69-33-35-18-21-40(22-19-35)60(66)67)46(51(62)57-26-24-56(25-27-57)32-36-20-23-44-45(30-36)71-34-70-44)48-52(63)72-49(38-12-5-2-6-13-38)47(59(48)50)37-10-3-1-4-11-37/h1-23,30-31,46-50,61H,24-29,32-34H2. The Morgan fingerprint density at radius 2 is 1.42 bits per heavy atom. The molecule has 17 nitrogen and oxygen atoms in total. The molecular formula is C55H49N5O12. The SMILES string of the molecule is O=C1OC(c2ccccc2)C(c2ccccc2)N2C1C(C(=O)N1CCN(Cc3ccc4c(c3)OCO4)CC1)C1(C(=O)N(C(=O)OCc3ccc([N+](=O)[O-])cc3)c3ccccc31)C2c1cccc(OCCO)c1. The Bertz CT molecular complexity index is 3040. The maximum atomic E-state index is 16.5. The number of carbonyl (C=O) groups is 4. The molecule has 6 atom stereocenters. The highest BCUT2D eigenvalue weighted by molar-refractivity contribution is 6.23. The third-order valence-corrected chi connectivity index (χ3v) is 14.4. The molecule has 6 aromatic rings. The van der Waals surface area contributed by atoms with Crippen LogP contribution in [0.5, 0.6) is 17.2 Å². The summed E-state index contributed by atoms with van der Waals surface area (Å²) in [5.41, 5.74) is 1.75. The summed E-state index contributed by atoms with van der Waals surface area (Å²) in [5.74, 6) is -1.71. The topological polar surface area (TPSA) is 191 Å². The summed E-state index contributed by atoms with van der Waals surface area (Å²) in [6.45, 7) is 1.57. The number of esters is 1. The molecule has 6 aromatic carbocycles. The van der Waals surface area contributed by atoms with E-state index in [1.807, 2.05) is 89.8 Å². The van der Waals surface area contributed by atoms with Gasteiger partial charge in [0.15, 0.2) is 11.5 Å². The van der Waals surface area contributed by atoms with Gasteiger partial charge in [-0.25, -0.2) is 9.69 Å². The van der Waals surface area contributed by atoms with E-state index in [4.69, 9.17) is 23.7 Å². The normalized spacial score (nSPS) is 23.4. The molecule has 0 aliphatic carbocycles. The lowest BCUT2D eigenvalue weighted by molar-refractivity contribution is -0.384. The molecule has 0 aromatic heterocycles. The van der Waals surface area contributed by atoms with Crippen molar-refractivity contribution in [2.75, 3.05) is 51.1 Å². The number of aliphatic hydroxyl groups excluding tert-OH is 1. The van der Waals surface area contributed by atoms with E-state index >= 15 is 14.4 Å². The number of amides is 3.